The van der Waals surface area contributed by atoms with Crippen LogP contribution in [0.4, 0.5) is 5.69 Å². The standard InChI is InChI=1S/C20H18N2O5/c1-3-17-18(20(24)27-2)15-10-9-14(22(25)26)11-16(15)19(23)21(17)12-13-7-5-4-6-8-13/h4-11H,3,12H2,1-2H3. The summed E-state index contributed by atoms with van der Waals surface area (Å²) in [6, 6.07) is 13.3. The fraction of sp³-hybridized carbons (Fsp3) is 0.200. The zero-order chi connectivity index (χ0) is 19.6. The summed E-state index contributed by atoms with van der Waals surface area (Å²) in [6.45, 7) is 2.10. The first-order valence-corrected chi connectivity index (χ1v) is 8.44. The molecule has 0 bridgehead atoms. The normalized spacial score (nSPS) is 10.7. The van der Waals surface area contributed by atoms with E-state index in [1.54, 1.807) is 0 Å². The lowest BCUT2D eigenvalue weighted by atomic mass is 10.0. The van der Waals surface area contributed by atoms with Crippen molar-refractivity contribution in [3.05, 3.63) is 85.8 Å². The maximum Gasteiger partial charge on any atom is 0.340 e. The molecule has 7 heteroatoms. The molecule has 0 aliphatic carbocycles. The molecule has 3 rings (SSSR count). The van der Waals surface area contributed by atoms with Gasteiger partial charge in [0.2, 0.25) is 0 Å². The largest absolute Gasteiger partial charge is 0.465 e. The fourth-order valence-electron chi connectivity index (χ4n) is 3.23. The van der Waals surface area contributed by atoms with E-state index >= 15 is 0 Å². The van der Waals surface area contributed by atoms with Gasteiger partial charge >= 0.3 is 5.97 Å². The molecule has 0 radical (unpaired) electrons. The van der Waals surface area contributed by atoms with Gasteiger partial charge in [0.15, 0.2) is 0 Å². The summed E-state index contributed by atoms with van der Waals surface area (Å²) in [6.07, 6.45) is 0.430. The van der Waals surface area contributed by atoms with Gasteiger partial charge in [-0.2, -0.15) is 0 Å². The molecule has 0 aliphatic rings. The molecule has 0 N–H and O–H groups in total. The number of aromatic nitrogens is 1. The van der Waals surface area contributed by atoms with E-state index in [1.165, 1.54) is 29.9 Å². The van der Waals surface area contributed by atoms with E-state index in [0.29, 0.717) is 17.5 Å². The number of carbonyl (C=O) groups is 1. The zero-order valence-electron chi connectivity index (χ0n) is 15.0. The van der Waals surface area contributed by atoms with Crippen LogP contribution in [0.15, 0.2) is 53.3 Å². The molecule has 2 aromatic carbocycles. The second kappa shape index (κ2) is 7.41. The van der Waals surface area contributed by atoms with Crippen LogP contribution in [0.5, 0.6) is 0 Å². The van der Waals surface area contributed by atoms with Crippen LogP contribution in [-0.4, -0.2) is 22.6 Å². The highest BCUT2D eigenvalue weighted by molar-refractivity contribution is 6.05. The Kier molecular flexibility index (Phi) is 5.03. The molecular formula is C20H18N2O5. The van der Waals surface area contributed by atoms with Crippen molar-refractivity contribution in [3.63, 3.8) is 0 Å². The van der Waals surface area contributed by atoms with Crippen molar-refractivity contribution in [2.24, 2.45) is 0 Å². The highest BCUT2D eigenvalue weighted by atomic mass is 16.6. The van der Waals surface area contributed by atoms with Gasteiger partial charge in [-0.25, -0.2) is 4.79 Å². The number of ether oxygens (including phenoxy) is 1. The molecule has 0 amide bonds. The Bertz CT molecular complexity index is 1090. The Hall–Kier alpha value is -3.48. The number of hydrogen-bond acceptors (Lipinski definition) is 5. The van der Waals surface area contributed by atoms with Crippen molar-refractivity contribution in [2.75, 3.05) is 7.11 Å². The smallest absolute Gasteiger partial charge is 0.340 e. The van der Waals surface area contributed by atoms with Gasteiger partial charge in [-0.05, 0) is 18.1 Å². The molecule has 0 spiro atoms. The molecule has 0 fully saturated rings. The monoisotopic (exact) mass is 366 g/mol. The third-order valence-electron chi connectivity index (χ3n) is 4.48. The molecule has 0 saturated heterocycles. The molecule has 0 aliphatic heterocycles. The van der Waals surface area contributed by atoms with Gasteiger partial charge in [-0.3, -0.25) is 14.9 Å². The van der Waals surface area contributed by atoms with Crippen LogP contribution < -0.4 is 5.56 Å². The van der Waals surface area contributed by atoms with Crippen molar-refractivity contribution in [2.45, 2.75) is 19.9 Å². The fourth-order valence-corrected chi connectivity index (χ4v) is 3.23. The molecule has 0 unspecified atom stereocenters. The highest BCUT2D eigenvalue weighted by Gasteiger charge is 2.23. The second-order valence-corrected chi connectivity index (χ2v) is 6.03. The Labute approximate surface area is 155 Å². The average Bonchev–Trinajstić information content (AvgIpc) is 2.69. The average molecular weight is 366 g/mol. The number of fused-ring (bicyclic) bond motifs is 1. The minimum absolute atomic E-state index is 0.123. The first-order chi connectivity index (χ1) is 13.0. The lowest BCUT2D eigenvalue weighted by Crippen LogP contribution is -2.27. The van der Waals surface area contributed by atoms with Crippen molar-refractivity contribution in [1.29, 1.82) is 0 Å². The molecule has 1 heterocycles. The third kappa shape index (κ3) is 3.31. The summed E-state index contributed by atoms with van der Waals surface area (Å²) in [4.78, 5) is 36.2. The Morgan fingerprint density at radius 3 is 2.44 bits per heavy atom. The number of rotatable bonds is 5. The van der Waals surface area contributed by atoms with Gasteiger partial charge in [0.1, 0.15) is 0 Å². The Morgan fingerprint density at radius 2 is 1.85 bits per heavy atom. The van der Waals surface area contributed by atoms with Crippen molar-refractivity contribution in [3.8, 4) is 0 Å². The number of nitro benzene ring substituents is 1. The molecule has 0 saturated carbocycles. The quantitative estimate of drug-likeness (QED) is 0.392. The van der Waals surface area contributed by atoms with E-state index in [4.69, 9.17) is 4.74 Å². The van der Waals surface area contributed by atoms with Crippen molar-refractivity contribution < 1.29 is 14.5 Å². The van der Waals surface area contributed by atoms with Crippen molar-refractivity contribution >= 4 is 22.4 Å². The summed E-state index contributed by atoms with van der Waals surface area (Å²) in [5.41, 5.74) is 1.11. The molecule has 27 heavy (non-hydrogen) atoms. The SMILES string of the molecule is CCc1c(C(=O)OC)c2ccc([N+](=O)[O-])cc2c(=O)n1Cc1ccccc1. The topological polar surface area (TPSA) is 91.4 Å². The van der Waals surface area contributed by atoms with E-state index in [0.717, 1.165) is 5.56 Å². The number of methoxy groups -OCH3 is 1. The van der Waals surface area contributed by atoms with Crippen molar-refractivity contribution in [1.82, 2.24) is 4.57 Å². The maximum atomic E-state index is 13.1. The number of carbonyl (C=O) groups excluding carboxylic acids is 1. The van der Waals surface area contributed by atoms with Crippen LogP contribution in [0.1, 0.15) is 28.5 Å². The summed E-state index contributed by atoms with van der Waals surface area (Å²) in [7, 11) is 1.27. The number of esters is 1. The maximum absolute atomic E-state index is 13.1. The van der Waals surface area contributed by atoms with E-state index in [-0.39, 0.29) is 28.7 Å². The third-order valence-corrected chi connectivity index (χ3v) is 4.48. The first-order valence-electron chi connectivity index (χ1n) is 8.44. The predicted molar refractivity (Wildman–Crippen MR) is 101 cm³/mol. The van der Waals surface area contributed by atoms with Crippen LogP contribution in [-0.2, 0) is 17.7 Å². The van der Waals surface area contributed by atoms with Gasteiger partial charge in [0.05, 0.1) is 29.5 Å². The van der Waals surface area contributed by atoms with Crippen LogP contribution in [0.2, 0.25) is 0 Å². The lowest BCUT2D eigenvalue weighted by molar-refractivity contribution is -0.384. The van der Waals surface area contributed by atoms with Gasteiger partial charge in [0, 0.05) is 23.2 Å². The zero-order valence-corrected chi connectivity index (χ0v) is 15.0. The van der Waals surface area contributed by atoms with Gasteiger partial charge in [0.25, 0.3) is 11.2 Å². The minimum Gasteiger partial charge on any atom is -0.465 e. The minimum atomic E-state index is -0.576. The number of hydrogen-bond donors (Lipinski definition) is 0. The molecule has 7 nitrogen and oxygen atoms in total. The lowest BCUT2D eigenvalue weighted by Gasteiger charge is -2.18. The first kappa shape index (κ1) is 18.3. The molecule has 138 valence electrons. The van der Waals surface area contributed by atoms with Crippen LogP contribution in [0, 0.1) is 10.1 Å². The predicted octanol–water partition coefficient (Wildman–Crippen LogP) is 3.31. The highest BCUT2D eigenvalue weighted by Crippen LogP contribution is 2.25. The number of pyridine rings is 1. The number of benzene rings is 2. The second-order valence-electron chi connectivity index (χ2n) is 6.03. The van der Waals surface area contributed by atoms with Gasteiger partial charge in [-0.15, -0.1) is 0 Å². The number of nitro groups is 1. The van der Waals surface area contributed by atoms with E-state index in [1.807, 2.05) is 37.3 Å². The molecule has 1 aromatic heterocycles. The molecule has 3 aromatic rings. The van der Waals surface area contributed by atoms with Gasteiger partial charge in [-0.1, -0.05) is 37.3 Å². The number of nitrogens with zero attached hydrogens (tertiary/aromatic N) is 2. The van der Waals surface area contributed by atoms with E-state index < -0.39 is 10.9 Å². The molecule has 0 atom stereocenters. The molecular weight excluding hydrogens is 348 g/mol. The summed E-state index contributed by atoms with van der Waals surface area (Å²) in [5, 5.41) is 11.6. The van der Waals surface area contributed by atoms with Crippen LogP contribution >= 0.6 is 0 Å². The Morgan fingerprint density at radius 1 is 1.15 bits per heavy atom. The Balaban J connectivity index is 2.38. The summed E-state index contributed by atoms with van der Waals surface area (Å²) < 4.78 is 6.42. The number of non-ortho nitro benzene ring substituents is 1. The van der Waals surface area contributed by atoms with E-state index in [9.17, 15) is 19.7 Å². The summed E-state index contributed by atoms with van der Waals surface area (Å²) >= 11 is 0. The van der Waals surface area contributed by atoms with Crippen LogP contribution in [0.25, 0.3) is 10.8 Å². The van der Waals surface area contributed by atoms with Gasteiger partial charge < -0.3 is 9.30 Å². The summed E-state index contributed by atoms with van der Waals surface area (Å²) in [5.74, 6) is -0.576. The van der Waals surface area contributed by atoms with Crippen LogP contribution in [0.3, 0.4) is 0 Å². The van der Waals surface area contributed by atoms with E-state index in [2.05, 4.69) is 0 Å².